The van der Waals surface area contributed by atoms with Crippen LogP contribution < -0.4 is 4.90 Å². The highest BCUT2D eigenvalue weighted by molar-refractivity contribution is 8.48. The molecule has 0 aliphatic heterocycles. The van der Waals surface area contributed by atoms with Gasteiger partial charge in [0.1, 0.15) is 0 Å². The van der Waals surface area contributed by atoms with E-state index in [9.17, 15) is 0 Å². The highest BCUT2D eigenvalue weighted by Gasteiger charge is 2.55. The molecular weight excluding hydrogens is 729 g/mol. The van der Waals surface area contributed by atoms with Gasteiger partial charge in [-0.3, -0.25) is 0 Å². The first kappa shape index (κ1) is 37.4. The second-order valence-electron chi connectivity index (χ2n) is 16.7. The van der Waals surface area contributed by atoms with Crippen molar-refractivity contribution in [2.45, 2.75) is 30.8 Å². The minimum absolute atomic E-state index is 0.0908. The van der Waals surface area contributed by atoms with E-state index in [1.54, 1.807) is 0 Å². The van der Waals surface area contributed by atoms with Gasteiger partial charge in [-0.15, -0.1) is 0 Å². The predicted molar refractivity (Wildman–Crippen MR) is 259 cm³/mol. The summed E-state index contributed by atoms with van der Waals surface area (Å²) in [6, 6.07) is 54.6. The molecule has 7 aromatic carbocycles. The maximum Gasteiger partial charge on any atom is 0.0812 e. The van der Waals surface area contributed by atoms with Crippen LogP contribution in [0.3, 0.4) is 0 Å². The Morgan fingerprint density at radius 2 is 1.11 bits per heavy atom. The molecule has 8 aromatic rings. The first-order valence-corrected chi connectivity index (χ1v) is 26.0. The summed E-state index contributed by atoms with van der Waals surface area (Å²) < 4.78 is 2.32. The van der Waals surface area contributed by atoms with Gasteiger partial charge in [-0.05, 0) is 161 Å². The highest BCUT2D eigenvalue weighted by Crippen LogP contribution is 2.80. The molecule has 0 amide bonds. The van der Waals surface area contributed by atoms with E-state index in [0.29, 0.717) is 0 Å². The number of hydrogen-bond acceptors (Lipinski definition) is 1. The predicted octanol–water partition coefficient (Wildman–Crippen LogP) is 15.0. The van der Waals surface area contributed by atoms with E-state index >= 15 is 0 Å². The summed E-state index contributed by atoms with van der Waals surface area (Å²) >= 11 is 0. The van der Waals surface area contributed by atoms with Crippen LogP contribution in [0.4, 0.5) is 17.1 Å². The quantitative estimate of drug-likeness (QED) is 0.163. The fraction of sp³-hybridized carbons (Fsp3) is 0.208. The molecule has 4 heteroatoms. The molecule has 1 heterocycles. The Bertz CT molecular complexity index is 2760. The van der Waals surface area contributed by atoms with Crippen molar-refractivity contribution in [3.05, 3.63) is 174 Å². The Balaban J connectivity index is 0.00000208. The largest absolute Gasteiger partial charge is 0.310 e. The van der Waals surface area contributed by atoms with Gasteiger partial charge < -0.3 is 9.47 Å². The van der Waals surface area contributed by atoms with Crippen molar-refractivity contribution < 1.29 is 0 Å². The standard InChI is InChI=1S/C51H48N2S2.C2H6/c1-54(2,3)51(55(4,5)6)45-33-36-19-11-10-18-35(36)32-44(45)50-43-25-13-12-24-42(43)49(34-46(50)51)52(37-20-8-7-9-21-37)38-28-30-39(31-29-38)53-47-26-16-14-22-40(47)41-23-15-17-27-48(41)53;1-2/h7-11,13-23,25-34H,12,24H2,1-6H3;1-2H3. The average molecular weight is 783 g/mol. The number of fused-ring (bicyclic) bond motifs is 9. The van der Waals surface area contributed by atoms with Crippen LogP contribution in [0.2, 0.25) is 0 Å². The molecule has 2 nitrogen and oxygen atoms in total. The van der Waals surface area contributed by atoms with Crippen LogP contribution in [0.5, 0.6) is 0 Å². The molecule has 0 saturated heterocycles. The summed E-state index contributed by atoms with van der Waals surface area (Å²) in [6.07, 6.45) is 22.3. The van der Waals surface area contributed by atoms with Gasteiger partial charge in [-0.25, -0.2) is 20.1 Å². The third-order valence-electron chi connectivity index (χ3n) is 12.1. The second kappa shape index (κ2) is 14.0. The van der Waals surface area contributed by atoms with Crippen LogP contribution in [0.1, 0.15) is 42.5 Å². The van der Waals surface area contributed by atoms with E-state index in [0.717, 1.165) is 12.8 Å². The molecule has 0 spiro atoms. The summed E-state index contributed by atoms with van der Waals surface area (Å²) in [5.74, 6) is 0. The van der Waals surface area contributed by atoms with Crippen molar-refractivity contribution in [1.82, 2.24) is 4.57 Å². The van der Waals surface area contributed by atoms with E-state index in [4.69, 9.17) is 0 Å². The zero-order chi connectivity index (χ0) is 39.7. The first-order chi connectivity index (χ1) is 27.6. The Kier molecular flexibility index (Phi) is 9.22. The molecule has 57 heavy (non-hydrogen) atoms. The molecule has 2 aliphatic rings. The van der Waals surface area contributed by atoms with Crippen molar-refractivity contribution >= 4 is 75.8 Å². The lowest BCUT2D eigenvalue weighted by molar-refractivity contribution is 0.974. The number of hydrogen-bond donors (Lipinski definition) is 0. The number of anilines is 3. The average Bonchev–Trinajstić information content (AvgIpc) is 3.72. The SMILES string of the molecule is CC.CS(C)(C)C1(S(C)(C)C)c2cc3ccccc3cc2-c2c1cc(N(c1ccccc1)c1ccc(-n3c4ccccc4c4ccccc43)cc1)c1c2C=CCC1. The molecule has 0 bridgehead atoms. The van der Waals surface area contributed by atoms with Gasteiger partial charge in [0.15, 0.2) is 0 Å². The monoisotopic (exact) mass is 782 g/mol. The Morgan fingerprint density at radius 1 is 0.561 bits per heavy atom. The van der Waals surface area contributed by atoms with Gasteiger partial charge in [0.05, 0.1) is 20.8 Å². The molecule has 0 saturated carbocycles. The molecule has 0 atom stereocenters. The lowest BCUT2D eigenvalue weighted by Crippen LogP contribution is -2.36. The van der Waals surface area contributed by atoms with E-state index in [1.165, 1.54) is 88.7 Å². The third-order valence-corrected chi connectivity index (χ3v) is 19.4. The van der Waals surface area contributed by atoms with Crippen LogP contribution >= 0.6 is 20.1 Å². The smallest absolute Gasteiger partial charge is 0.0812 e. The summed E-state index contributed by atoms with van der Waals surface area (Å²) in [6.45, 7) is 4.00. The van der Waals surface area contributed by atoms with E-state index in [-0.39, 0.29) is 4.08 Å². The normalized spacial score (nSPS) is 14.8. The Hall–Kier alpha value is -5.16. The number of allylic oxidation sites excluding steroid dienone is 1. The minimum atomic E-state index is -1.19. The van der Waals surface area contributed by atoms with Crippen molar-refractivity contribution in [3.63, 3.8) is 0 Å². The van der Waals surface area contributed by atoms with E-state index in [1.807, 2.05) is 13.8 Å². The van der Waals surface area contributed by atoms with Crippen LogP contribution in [0.15, 0.2) is 152 Å². The van der Waals surface area contributed by atoms with Gasteiger partial charge in [0, 0.05) is 27.8 Å². The minimum Gasteiger partial charge on any atom is -0.310 e. The number of para-hydroxylation sites is 3. The van der Waals surface area contributed by atoms with Crippen LogP contribution in [0, 0.1) is 0 Å². The lowest BCUT2D eigenvalue weighted by atomic mass is 9.87. The molecule has 10 rings (SSSR count). The lowest BCUT2D eigenvalue weighted by Gasteiger charge is -2.58. The maximum atomic E-state index is 2.66. The summed E-state index contributed by atoms with van der Waals surface area (Å²) in [7, 11) is -2.38. The first-order valence-electron chi connectivity index (χ1n) is 20.3. The van der Waals surface area contributed by atoms with Gasteiger partial charge >= 0.3 is 0 Å². The van der Waals surface area contributed by atoms with Crippen molar-refractivity contribution in [1.29, 1.82) is 0 Å². The van der Waals surface area contributed by atoms with Gasteiger partial charge in [0.25, 0.3) is 0 Å². The molecule has 0 fully saturated rings. The zero-order valence-corrected chi connectivity index (χ0v) is 36.3. The van der Waals surface area contributed by atoms with Crippen LogP contribution in [0.25, 0.3) is 55.5 Å². The number of benzene rings is 7. The second-order valence-corrected chi connectivity index (χ2v) is 25.6. The molecule has 1 aromatic heterocycles. The van der Waals surface area contributed by atoms with Gasteiger partial charge in [-0.2, -0.15) is 0 Å². The van der Waals surface area contributed by atoms with Crippen LogP contribution in [-0.2, 0) is 10.5 Å². The van der Waals surface area contributed by atoms with Gasteiger partial charge in [0.2, 0.25) is 0 Å². The van der Waals surface area contributed by atoms with Crippen molar-refractivity contribution in [3.8, 4) is 16.8 Å². The van der Waals surface area contributed by atoms with Gasteiger partial charge in [-0.1, -0.05) is 105 Å². The van der Waals surface area contributed by atoms with Crippen molar-refractivity contribution in [2.75, 3.05) is 42.4 Å². The summed E-state index contributed by atoms with van der Waals surface area (Å²) in [5.41, 5.74) is 16.1. The number of rotatable bonds is 6. The fourth-order valence-corrected chi connectivity index (χ4v) is 19.5. The molecular formula is C53H54N2S2. The number of nitrogens with zero attached hydrogens (tertiary/aromatic N) is 2. The number of aromatic nitrogens is 1. The summed E-state index contributed by atoms with van der Waals surface area (Å²) in [5, 5.41) is 5.22. The molecule has 288 valence electrons. The highest BCUT2D eigenvalue weighted by atomic mass is 32.3. The van der Waals surface area contributed by atoms with Crippen LogP contribution in [-0.4, -0.2) is 42.1 Å². The topological polar surface area (TPSA) is 8.17 Å². The Labute approximate surface area is 342 Å². The molecule has 0 unspecified atom stereocenters. The Morgan fingerprint density at radius 3 is 1.72 bits per heavy atom. The third kappa shape index (κ3) is 5.62. The zero-order valence-electron chi connectivity index (χ0n) is 34.6. The molecule has 2 aliphatic carbocycles. The molecule has 0 N–H and O–H groups in total. The summed E-state index contributed by atoms with van der Waals surface area (Å²) in [4.78, 5) is 2.55. The fourth-order valence-electron chi connectivity index (χ4n) is 10.2. The van der Waals surface area contributed by atoms with E-state index < -0.39 is 20.1 Å². The van der Waals surface area contributed by atoms with Crippen molar-refractivity contribution in [2.24, 2.45) is 0 Å². The van der Waals surface area contributed by atoms with E-state index in [2.05, 4.69) is 205 Å². The maximum absolute atomic E-state index is 2.66. The molecule has 0 radical (unpaired) electrons.